The van der Waals surface area contributed by atoms with Crippen LogP contribution < -0.4 is 5.32 Å². The first kappa shape index (κ1) is 19.6. The molecule has 1 atom stereocenters. The van der Waals surface area contributed by atoms with Crippen LogP contribution >= 0.6 is 0 Å². The molecule has 0 aliphatic heterocycles. The van der Waals surface area contributed by atoms with Crippen molar-refractivity contribution >= 4 is 12.1 Å². The number of rotatable bonds is 14. The first-order valence-electron chi connectivity index (χ1n) is 9.00. The molecule has 0 aromatic heterocycles. The van der Waals surface area contributed by atoms with Gasteiger partial charge in [0.05, 0.1) is 12.6 Å². The lowest BCUT2D eigenvalue weighted by molar-refractivity contribution is -0.118. The van der Waals surface area contributed by atoms with Crippen molar-refractivity contribution in [3.8, 4) is 0 Å². The monoisotopic (exact) mass is 317 g/mol. The van der Waals surface area contributed by atoms with Gasteiger partial charge in [-0.3, -0.25) is 4.79 Å². The van der Waals surface area contributed by atoms with E-state index < -0.39 is 0 Å². The van der Waals surface area contributed by atoms with Gasteiger partial charge in [0.2, 0.25) is 0 Å². The molecule has 1 aromatic carbocycles. The van der Waals surface area contributed by atoms with E-state index in [9.17, 15) is 9.59 Å². The van der Waals surface area contributed by atoms with Gasteiger partial charge >= 0.3 is 0 Å². The van der Waals surface area contributed by atoms with Crippen LogP contribution in [0.5, 0.6) is 0 Å². The summed E-state index contributed by atoms with van der Waals surface area (Å²) < 4.78 is 0. The molecule has 3 nitrogen and oxygen atoms in total. The van der Waals surface area contributed by atoms with E-state index in [1.165, 1.54) is 32.1 Å². The standard InChI is InChI=1S/C20H31NO2/c1-2-3-4-5-6-7-11-14-20(23)16-21-19(17-22)15-18-12-9-8-10-13-18/h8-10,12-13,17,19,21H,2-7,11,14-16H2,1H3/t19-/m0/s1. The average molecular weight is 317 g/mol. The highest BCUT2D eigenvalue weighted by molar-refractivity contribution is 5.80. The molecule has 0 amide bonds. The Bertz CT molecular complexity index is 431. The number of Topliss-reactive ketones (excluding diaryl/α,β-unsaturated/α-hetero) is 1. The van der Waals surface area contributed by atoms with E-state index in [2.05, 4.69) is 12.2 Å². The lowest BCUT2D eigenvalue weighted by Crippen LogP contribution is -2.36. The van der Waals surface area contributed by atoms with Crippen molar-refractivity contribution in [2.24, 2.45) is 0 Å². The number of ketones is 1. The number of carbonyl (C=O) groups is 2. The fourth-order valence-corrected chi connectivity index (χ4v) is 2.65. The van der Waals surface area contributed by atoms with Gasteiger partial charge in [-0.25, -0.2) is 0 Å². The van der Waals surface area contributed by atoms with Crippen LogP contribution in [0.3, 0.4) is 0 Å². The lowest BCUT2D eigenvalue weighted by Gasteiger charge is -2.12. The van der Waals surface area contributed by atoms with Crippen molar-refractivity contribution in [3.63, 3.8) is 0 Å². The van der Waals surface area contributed by atoms with Gasteiger partial charge in [-0.05, 0) is 18.4 Å². The van der Waals surface area contributed by atoms with Gasteiger partial charge in [-0.1, -0.05) is 75.8 Å². The zero-order valence-corrected chi connectivity index (χ0v) is 14.4. The number of nitrogens with one attached hydrogen (secondary N) is 1. The van der Waals surface area contributed by atoms with Crippen LogP contribution in [-0.2, 0) is 16.0 Å². The number of benzene rings is 1. The molecule has 3 heteroatoms. The van der Waals surface area contributed by atoms with Gasteiger partial charge in [-0.15, -0.1) is 0 Å². The van der Waals surface area contributed by atoms with E-state index in [0.29, 0.717) is 19.4 Å². The largest absolute Gasteiger partial charge is 0.302 e. The normalized spacial score (nSPS) is 12.0. The first-order chi connectivity index (χ1) is 11.3. The molecule has 0 heterocycles. The van der Waals surface area contributed by atoms with Crippen molar-refractivity contribution in [1.82, 2.24) is 5.32 Å². The molecule has 23 heavy (non-hydrogen) atoms. The first-order valence-corrected chi connectivity index (χ1v) is 9.00. The highest BCUT2D eigenvalue weighted by atomic mass is 16.1. The Hall–Kier alpha value is -1.48. The van der Waals surface area contributed by atoms with Gasteiger partial charge in [0, 0.05) is 6.42 Å². The molecule has 0 saturated heterocycles. The van der Waals surface area contributed by atoms with Gasteiger partial charge in [0.15, 0.2) is 0 Å². The maximum Gasteiger partial charge on any atom is 0.146 e. The molecular formula is C20H31NO2. The van der Waals surface area contributed by atoms with Crippen molar-refractivity contribution in [1.29, 1.82) is 0 Å². The summed E-state index contributed by atoms with van der Waals surface area (Å²) >= 11 is 0. The summed E-state index contributed by atoms with van der Waals surface area (Å²) in [5, 5.41) is 3.07. The Morgan fingerprint density at radius 1 is 1.04 bits per heavy atom. The summed E-state index contributed by atoms with van der Waals surface area (Å²) in [6.07, 6.45) is 10.7. The molecule has 0 radical (unpaired) electrons. The van der Waals surface area contributed by atoms with E-state index in [0.717, 1.165) is 24.7 Å². The molecule has 128 valence electrons. The van der Waals surface area contributed by atoms with Crippen LogP contribution in [0.25, 0.3) is 0 Å². The minimum absolute atomic E-state index is 0.207. The highest BCUT2D eigenvalue weighted by Crippen LogP contribution is 2.08. The van der Waals surface area contributed by atoms with E-state index in [4.69, 9.17) is 0 Å². The van der Waals surface area contributed by atoms with Crippen LogP contribution in [0.15, 0.2) is 30.3 Å². The predicted octanol–water partition coefficient (Wildman–Crippen LogP) is 4.10. The van der Waals surface area contributed by atoms with Crippen LogP contribution in [0.4, 0.5) is 0 Å². The van der Waals surface area contributed by atoms with E-state index in [-0.39, 0.29) is 11.8 Å². The molecule has 1 rings (SSSR count). The van der Waals surface area contributed by atoms with Crippen LogP contribution in [0.2, 0.25) is 0 Å². The maximum absolute atomic E-state index is 11.9. The number of carbonyl (C=O) groups excluding carboxylic acids is 2. The smallest absolute Gasteiger partial charge is 0.146 e. The SMILES string of the molecule is CCCCCCCCCC(=O)CN[C@H](C=O)Cc1ccccc1. The molecule has 1 N–H and O–H groups in total. The van der Waals surface area contributed by atoms with E-state index in [1.54, 1.807) is 0 Å². The number of unbranched alkanes of at least 4 members (excludes halogenated alkanes) is 6. The van der Waals surface area contributed by atoms with Crippen LogP contribution in [0, 0.1) is 0 Å². The Labute approximate surface area is 140 Å². The Morgan fingerprint density at radius 3 is 2.35 bits per heavy atom. The van der Waals surface area contributed by atoms with Crippen molar-refractivity contribution in [3.05, 3.63) is 35.9 Å². The molecular weight excluding hydrogens is 286 g/mol. The van der Waals surface area contributed by atoms with Crippen molar-refractivity contribution in [2.75, 3.05) is 6.54 Å². The van der Waals surface area contributed by atoms with Gasteiger partial charge in [-0.2, -0.15) is 0 Å². The second-order valence-electron chi connectivity index (χ2n) is 6.22. The average Bonchev–Trinajstić information content (AvgIpc) is 2.58. The van der Waals surface area contributed by atoms with Crippen molar-refractivity contribution in [2.45, 2.75) is 70.8 Å². The highest BCUT2D eigenvalue weighted by Gasteiger charge is 2.10. The quantitative estimate of drug-likeness (QED) is 0.415. The van der Waals surface area contributed by atoms with Crippen LogP contribution in [-0.4, -0.2) is 24.7 Å². The molecule has 0 aliphatic rings. The molecule has 1 aromatic rings. The van der Waals surface area contributed by atoms with Gasteiger partial charge < -0.3 is 10.1 Å². The number of hydrogen-bond acceptors (Lipinski definition) is 3. The Morgan fingerprint density at radius 2 is 1.70 bits per heavy atom. The second-order valence-corrected chi connectivity index (χ2v) is 6.22. The maximum atomic E-state index is 11.9. The predicted molar refractivity (Wildman–Crippen MR) is 95.6 cm³/mol. The molecule has 0 bridgehead atoms. The van der Waals surface area contributed by atoms with E-state index >= 15 is 0 Å². The zero-order chi connectivity index (χ0) is 16.8. The third-order valence-electron chi connectivity index (χ3n) is 4.08. The molecule has 0 aliphatic carbocycles. The number of aldehydes is 1. The molecule has 0 saturated carbocycles. The Kier molecular flexibility index (Phi) is 11.1. The van der Waals surface area contributed by atoms with Crippen LogP contribution in [0.1, 0.15) is 63.9 Å². The topological polar surface area (TPSA) is 46.2 Å². The zero-order valence-electron chi connectivity index (χ0n) is 14.4. The third kappa shape index (κ3) is 10.0. The molecule has 0 unspecified atom stereocenters. The summed E-state index contributed by atoms with van der Waals surface area (Å²) in [6.45, 7) is 2.52. The minimum atomic E-state index is -0.282. The summed E-state index contributed by atoms with van der Waals surface area (Å²) in [5.41, 5.74) is 1.11. The fraction of sp³-hybridized carbons (Fsp3) is 0.600. The Balaban J connectivity index is 2.10. The summed E-state index contributed by atoms with van der Waals surface area (Å²) in [5.74, 6) is 0.207. The van der Waals surface area contributed by atoms with E-state index in [1.807, 2.05) is 30.3 Å². The fourth-order valence-electron chi connectivity index (χ4n) is 2.65. The number of hydrogen-bond donors (Lipinski definition) is 1. The van der Waals surface area contributed by atoms with Gasteiger partial charge in [0.25, 0.3) is 0 Å². The minimum Gasteiger partial charge on any atom is -0.302 e. The second kappa shape index (κ2) is 13.0. The van der Waals surface area contributed by atoms with Crippen molar-refractivity contribution < 1.29 is 9.59 Å². The lowest BCUT2D eigenvalue weighted by atomic mass is 10.1. The molecule has 0 spiro atoms. The molecule has 0 fully saturated rings. The summed E-state index contributed by atoms with van der Waals surface area (Å²) in [6, 6.07) is 9.59. The van der Waals surface area contributed by atoms with Gasteiger partial charge in [0.1, 0.15) is 12.1 Å². The third-order valence-corrected chi connectivity index (χ3v) is 4.08. The summed E-state index contributed by atoms with van der Waals surface area (Å²) in [7, 11) is 0. The summed E-state index contributed by atoms with van der Waals surface area (Å²) in [4.78, 5) is 23.0.